The molecule has 1 atom stereocenters. The highest BCUT2D eigenvalue weighted by atomic mass is 16.2. The number of fused-ring (bicyclic) bond motifs is 1. The van der Waals surface area contributed by atoms with Crippen LogP contribution in [0.1, 0.15) is 59.8 Å². The molecule has 3 heterocycles. The first-order valence-corrected chi connectivity index (χ1v) is 9.48. The zero-order valence-corrected chi connectivity index (χ0v) is 15.2. The van der Waals surface area contributed by atoms with E-state index in [4.69, 9.17) is 0 Å². The van der Waals surface area contributed by atoms with E-state index in [1.165, 1.54) is 12.1 Å². The van der Waals surface area contributed by atoms with Gasteiger partial charge in [0.05, 0.1) is 6.04 Å². The van der Waals surface area contributed by atoms with Crippen molar-refractivity contribution in [2.75, 3.05) is 11.9 Å². The van der Waals surface area contributed by atoms with E-state index < -0.39 is 0 Å². The van der Waals surface area contributed by atoms with E-state index in [1.54, 1.807) is 0 Å². The summed E-state index contributed by atoms with van der Waals surface area (Å²) < 4.78 is 2.12. The molecule has 5 nitrogen and oxygen atoms in total. The van der Waals surface area contributed by atoms with E-state index in [-0.39, 0.29) is 17.9 Å². The van der Waals surface area contributed by atoms with Crippen LogP contribution in [0, 0.1) is 0 Å². The predicted octanol–water partition coefficient (Wildman–Crippen LogP) is 3.67. The van der Waals surface area contributed by atoms with Gasteiger partial charge in [-0.25, -0.2) is 0 Å². The Morgan fingerprint density at radius 3 is 2.85 bits per heavy atom. The van der Waals surface area contributed by atoms with Gasteiger partial charge in [-0.1, -0.05) is 12.8 Å². The number of rotatable bonds is 2. The van der Waals surface area contributed by atoms with E-state index in [0.717, 1.165) is 42.6 Å². The molecule has 5 heteroatoms. The highest BCUT2D eigenvalue weighted by Gasteiger charge is 2.29. The number of nitrogens with one attached hydrogen (secondary N) is 1. The SMILES string of the molecule is Cn1cccc1C1CCCCCN1C(=O)c1ccc2c(c1)CCC(=O)N2. The molecule has 0 spiro atoms. The van der Waals surface area contributed by atoms with Crippen molar-refractivity contribution in [2.24, 2.45) is 7.05 Å². The maximum Gasteiger partial charge on any atom is 0.254 e. The molecule has 2 aliphatic rings. The van der Waals surface area contributed by atoms with Gasteiger partial charge in [-0.2, -0.15) is 0 Å². The molecule has 1 N–H and O–H groups in total. The Morgan fingerprint density at radius 2 is 2.04 bits per heavy atom. The van der Waals surface area contributed by atoms with Gasteiger partial charge in [0.15, 0.2) is 0 Å². The molecule has 0 bridgehead atoms. The standard InChI is InChI=1S/C21H25N3O2/c1-23-12-5-7-18(23)19-6-3-2-4-13-24(19)21(26)16-8-10-17-15(14-16)9-11-20(25)22-17/h5,7-8,10,12,14,19H,2-4,6,9,11,13H2,1H3,(H,22,25). The maximum absolute atomic E-state index is 13.3. The van der Waals surface area contributed by atoms with Crippen LogP contribution in [0.3, 0.4) is 0 Å². The number of aryl methyl sites for hydroxylation is 2. The lowest BCUT2D eigenvalue weighted by Gasteiger charge is -2.31. The molecule has 2 aliphatic heterocycles. The van der Waals surface area contributed by atoms with E-state index in [9.17, 15) is 9.59 Å². The average Bonchev–Trinajstić information content (AvgIpc) is 2.92. The highest BCUT2D eigenvalue weighted by molar-refractivity contribution is 5.98. The molecule has 4 rings (SSSR count). The number of carbonyl (C=O) groups excluding carboxylic acids is 2. The number of hydrogen-bond acceptors (Lipinski definition) is 2. The summed E-state index contributed by atoms with van der Waals surface area (Å²) in [5, 5.41) is 2.89. The van der Waals surface area contributed by atoms with Crippen LogP contribution in [0.4, 0.5) is 5.69 Å². The summed E-state index contributed by atoms with van der Waals surface area (Å²) in [5.74, 6) is 0.144. The molecule has 1 saturated heterocycles. The Labute approximate surface area is 154 Å². The van der Waals surface area contributed by atoms with Crippen molar-refractivity contribution >= 4 is 17.5 Å². The summed E-state index contributed by atoms with van der Waals surface area (Å²) in [7, 11) is 2.05. The quantitative estimate of drug-likeness (QED) is 0.897. The van der Waals surface area contributed by atoms with E-state index >= 15 is 0 Å². The molecule has 26 heavy (non-hydrogen) atoms. The minimum atomic E-state index is 0.0490. The van der Waals surface area contributed by atoms with Gasteiger partial charge < -0.3 is 14.8 Å². The third-order valence-corrected chi connectivity index (χ3v) is 5.59. The summed E-state index contributed by atoms with van der Waals surface area (Å²) in [4.78, 5) is 26.9. The molecule has 1 aromatic heterocycles. The molecule has 1 unspecified atom stereocenters. The lowest BCUT2D eigenvalue weighted by atomic mass is 9.99. The summed E-state index contributed by atoms with van der Waals surface area (Å²) in [5.41, 5.74) is 3.82. The fraction of sp³-hybridized carbons (Fsp3) is 0.429. The van der Waals surface area contributed by atoms with Crippen molar-refractivity contribution in [3.05, 3.63) is 53.3 Å². The van der Waals surface area contributed by atoms with Crippen LogP contribution in [0.25, 0.3) is 0 Å². The molecule has 136 valence electrons. The topological polar surface area (TPSA) is 54.3 Å². The van der Waals surface area contributed by atoms with Gasteiger partial charge >= 0.3 is 0 Å². The summed E-state index contributed by atoms with van der Waals surface area (Å²) >= 11 is 0. The van der Waals surface area contributed by atoms with E-state index in [2.05, 4.69) is 16.0 Å². The monoisotopic (exact) mass is 351 g/mol. The van der Waals surface area contributed by atoms with Crippen molar-refractivity contribution in [1.29, 1.82) is 0 Å². The fourth-order valence-electron chi connectivity index (χ4n) is 4.16. The smallest absolute Gasteiger partial charge is 0.254 e. The lowest BCUT2D eigenvalue weighted by Crippen LogP contribution is -2.35. The Kier molecular flexibility index (Phi) is 4.53. The van der Waals surface area contributed by atoms with Crippen LogP contribution >= 0.6 is 0 Å². The Balaban J connectivity index is 1.64. The zero-order valence-electron chi connectivity index (χ0n) is 15.2. The molecule has 1 fully saturated rings. The third kappa shape index (κ3) is 3.14. The van der Waals surface area contributed by atoms with Gasteiger partial charge in [0, 0.05) is 43.2 Å². The van der Waals surface area contributed by atoms with Gasteiger partial charge in [0.25, 0.3) is 5.91 Å². The summed E-state index contributed by atoms with van der Waals surface area (Å²) in [6.07, 6.45) is 7.60. The normalized spacial score (nSPS) is 20.3. The largest absolute Gasteiger partial charge is 0.353 e. The number of likely N-dealkylation sites (tertiary alicyclic amines) is 1. The Bertz CT molecular complexity index is 840. The minimum absolute atomic E-state index is 0.0490. The highest BCUT2D eigenvalue weighted by Crippen LogP contribution is 2.32. The van der Waals surface area contributed by atoms with Crippen molar-refractivity contribution in [1.82, 2.24) is 9.47 Å². The van der Waals surface area contributed by atoms with Gasteiger partial charge in [-0.15, -0.1) is 0 Å². The molecule has 2 amide bonds. The van der Waals surface area contributed by atoms with Gasteiger partial charge in [0.1, 0.15) is 0 Å². The van der Waals surface area contributed by atoms with Crippen molar-refractivity contribution in [3.8, 4) is 0 Å². The Morgan fingerprint density at radius 1 is 1.15 bits per heavy atom. The second-order valence-corrected chi connectivity index (χ2v) is 7.33. The first-order valence-electron chi connectivity index (χ1n) is 9.48. The van der Waals surface area contributed by atoms with Crippen LogP contribution < -0.4 is 5.32 Å². The van der Waals surface area contributed by atoms with Gasteiger partial charge in [0.2, 0.25) is 5.91 Å². The number of anilines is 1. The second kappa shape index (κ2) is 6.98. The number of carbonyl (C=O) groups is 2. The predicted molar refractivity (Wildman–Crippen MR) is 101 cm³/mol. The maximum atomic E-state index is 13.3. The van der Waals surface area contributed by atoms with Crippen molar-refractivity contribution in [3.63, 3.8) is 0 Å². The molecule has 0 radical (unpaired) electrons. The van der Waals surface area contributed by atoms with Crippen molar-refractivity contribution < 1.29 is 9.59 Å². The van der Waals surface area contributed by atoms with Crippen LogP contribution in [0.15, 0.2) is 36.5 Å². The fourth-order valence-corrected chi connectivity index (χ4v) is 4.16. The van der Waals surface area contributed by atoms with Gasteiger partial charge in [-0.05, 0) is 55.2 Å². The molecular formula is C21H25N3O2. The number of aromatic nitrogens is 1. The molecule has 2 aromatic rings. The van der Waals surface area contributed by atoms with Crippen molar-refractivity contribution in [2.45, 2.75) is 44.6 Å². The summed E-state index contributed by atoms with van der Waals surface area (Å²) in [6.45, 7) is 0.794. The molecular weight excluding hydrogens is 326 g/mol. The minimum Gasteiger partial charge on any atom is -0.353 e. The first-order chi connectivity index (χ1) is 12.6. The molecule has 0 saturated carbocycles. The van der Waals surface area contributed by atoms with Crippen LogP contribution in [0.2, 0.25) is 0 Å². The first kappa shape index (κ1) is 16.9. The third-order valence-electron chi connectivity index (χ3n) is 5.59. The van der Waals surface area contributed by atoms with Crippen LogP contribution in [-0.2, 0) is 18.3 Å². The number of nitrogens with zero attached hydrogens (tertiary/aromatic N) is 2. The molecule has 0 aliphatic carbocycles. The summed E-state index contributed by atoms with van der Waals surface area (Å²) in [6, 6.07) is 9.97. The molecule has 1 aromatic carbocycles. The van der Waals surface area contributed by atoms with E-state index in [1.807, 2.05) is 42.4 Å². The number of benzene rings is 1. The number of amides is 2. The van der Waals surface area contributed by atoms with Gasteiger partial charge in [-0.3, -0.25) is 9.59 Å². The van der Waals surface area contributed by atoms with E-state index in [0.29, 0.717) is 12.8 Å². The van der Waals surface area contributed by atoms with Crippen LogP contribution in [0.5, 0.6) is 0 Å². The lowest BCUT2D eigenvalue weighted by molar-refractivity contribution is -0.116. The number of hydrogen-bond donors (Lipinski definition) is 1. The zero-order chi connectivity index (χ0) is 18.1. The second-order valence-electron chi connectivity index (χ2n) is 7.33. The Hall–Kier alpha value is -2.56. The van der Waals surface area contributed by atoms with Crippen LogP contribution in [-0.4, -0.2) is 27.8 Å². The average molecular weight is 351 g/mol.